The first-order valence-electron chi connectivity index (χ1n) is 20.3. The third kappa shape index (κ3) is 4.79. The van der Waals surface area contributed by atoms with Gasteiger partial charge in [-0.3, -0.25) is 0 Å². The second-order valence-corrected chi connectivity index (χ2v) is 17.0. The van der Waals surface area contributed by atoms with Gasteiger partial charge in [-0.05, 0) is 120 Å². The lowest BCUT2D eigenvalue weighted by Gasteiger charge is -2.23. The maximum Gasteiger partial charge on any atom is 0.0541 e. The van der Waals surface area contributed by atoms with Crippen molar-refractivity contribution in [2.75, 3.05) is 0 Å². The fourth-order valence-corrected chi connectivity index (χ4v) is 9.85. The van der Waals surface area contributed by atoms with E-state index in [1.165, 1.54) is 104 Å². The van der Waals surface area contributed by atoms with Crippen LogP contribution in [0.3, 0.4) is 0 Å². The Kier molecular flexibility index (Phi) is 6.93. The van der Waals surface area contributed by atoms with Crippen molar-refractivity contribution in [1.29, 1.82) is 0 Å². The van der Waals surface area contributed by atoms with Gasteiger partial charge >= 0.3 is 0 Å². The quantitative estimate of drug-likeness (QED) is 0.159. The Bertz CT molecular complexity index is 3270. The van der Waals surface area contributed by atoms with Crippen LogP contribution in [0, 0.1) is 0 Å². The molecule has 10 aromatic carbocycles. The fraction of sp³-hybridized carbons (Fsp3) is 0.0714. The smallest absolute Gasteiger partial charge is 0.0541 e. The molecule has 0 aliphatic rings. The molecule has 0 spiro atoms. The normalized spacial score (nSPS) is 12.4. The monoisotopic (exact) mass is 740 g/mol. The van der Waals surface area contributed by atoms with Gasteiger partial charge in [0.05, 0.1) is 22.1 Å². The van der Waals surface area contributed by atoms with E-state index < -0.39 is 0 Å². The molecule has 58 heavy (non-hydrogen) atoms. The van der Waals surface area contributed by atoms with Gasteiger partial charge in [-0.15, -0.1) is 0 Å². The lowest BCUT2D eigenvalue weighted by molar-refractivity contribution is 0.591. The Hall–Kier alpha value is -7.16. The number of rotatable bonds is 4. The molecule has 2 heteroatoms. The highest BCUT2D eigenvalue weighted by Gasteiger charge is 2.22. The van der Waals surface area contributed by atoms with Crippen molar-refractivity contribution in [3.63, 3.8) is 0 Å². The van der Waals surface area contributed by atoms with Crippen LogP contribution in [0.4, 0.5) is 0 Å². The van der Waals surface area contributed by atoms with Crippen LogP contribution in [0.5, 0.6) is 0 Å². The molecule has 12 rings (SSSR count). The topological polar surface area (TPSA) is 9.86 Å². The molecule has 0 fully saturated rings. The lowest BCUT2D eigenvalue weighted by Crippen LogP contribution is -2.10. The molecule has 0 aliphatic heterocycles. The van der Waals surface area contributed by atoms with Crippen LogP contribution in [0.2, 0.25) is 0 Å². The maximum absolute atomic E-state index is 2.46. The van der Waals surface area contributed by atoms with Crippen LogP contribution in [0.1, 0.15) is 26.3 Å². The summed E-state index contributed by atoms with van der Waals surface area (Å²) in [6.45, 7) is 6.93. The van der Waals surface area contributed by atoms with Crippen molar-refractivity contribution < 1.29 is 0 Å². The lowest BCUT2D eigenvalue weighted by atomic mass is 9.81. The first-order chi connectivity index (χ1) is 28.4. The first kappa shape index (κ1) is 33.0. The van der Waals surface area contributed by atoms with Gasteiger partial charge in [-0.1, -0.05) is 154 Å². The van der Waals surface area contributed by atoms with Gasteiger partial charge in [0.1, 0.15) is 0 Å². The summed E-state index contributed by atoms with van der Waals surface area (Å²) in [4.78, 5) is 0. The predicted octanol–water partition coefficient (Wildman–Crippen LogP) is 15.4. The molecule has 2 aromatic heterocycles. The fourth-order valence-electron chi connectivity index (χ4n) is 9.85. The van der Waals surface area contributed by atoms with E-state index in [1.807, 2.05) is 0 Å². The largest absolute Gasteiger partial charge is 0.309 e. The number of para-hydroxylation sites is 4. The number of aromatic nitrogens is 2. The molecule has 274 valence electrons. The minimum absolute atomic E-state index is 0.0429. The Labute approximate surface area is 337 Å². The Morgan fingerprint density at radius 2 is 0.724 bits per heavy atom. The predicted molar refractivity (Wildman–Crippen MR) is 248 cm³/mol. The third-order valence-electron chi connectivity index (χ3n) is 12.6. The molecular formula is C56H40N2. The standard InChI is InChI=1S/C56H40N2/c1-56(2,3)39-30-37-26-28-46-48(35-14-12-16-40(32-35)57-50-22-8-4-18-42(50)43-19-5-9-23-51(43)57)34-49(47-29-27-38(31-39)54(37)55(46)47)36-15-13-17-41(33-36)58-52-24-10-6-20-44(52)45-21-7-11-25-53(45)58/h4-34H,1-3H3. The van der Waals surface area contributed by atoms with Crippen molar-refractivity contribution in [1.82, 2.24) is 9.13 Å². The maximum atomic E-state index is 2.46. The number of fused-ring (bicyclic) bond motifs is 6. The van der Waals surface area contributed by atoms with E-state index in [0.29, 0.717) is 0 Å². The molecule has 0 radical (unpaired) electrons. The van der Waals surface area contributed by atoms with Crippen LogP contribution in [-0.2, 0) is 5.41 Å². The number of hydrogen-bond donors (Lipinski definition) is 0. The summed E-state index contributed by atoms with van der Waals surface area (Å²) in [6, 6.07) is 70.1. The highest BCUT2D eigenvalue weighted by atomic mass is 15.0. The van der Waals surface area contributed by atoms with E-state index in [1.54, 1.807) is 0 Å². The number of hydrogen-bond acceptors (Lipinski definition) is 0. The highest BCUT2D eigenvalue weighted by Crippen LogP contribution is 2.46. The van der Waals surface area contributed by atoms with Gasteiger partial charge in [0.25, 0.3) is 0 Å². The van der Waals surface area contributed by atoms with Gasteiger partial charge in [-0.2, -0.15) is 0 Å². The zero-order chi connectivity index (χ0) is 38.7. The van der Waals surface area contributed by atoms with Crippen molar-refractivity contribution in [3.8, 4) is 33.6 Å². The summed E-state index contributed by atoms with van der Waals surface area (Å²) in [5.41, 5.74) is 13.5. The van der Waals surface area contributed by atoms with Crippen LogP contribution in [0.15, 0.2) is 188 Å². The Morgan fingerprint density at radius 3 is 1.12 bits per heavy atom. The zero-order valence-corrected chi connectivity index (χ0v) is 32.8. The van der Waals surface area contributed by atoms with Gasteiger partial charge in [-0.25, -0.2) is 0 Å². The van der Waals surface area contributed by atoms with Crippen LogP contribution < -0.4 is 0 Å². The Morgan fingerprint density at radius 1 is 0.328 bits per heavy atom. The van der Waals surface area contributed by atoms with Gasteiger partial charge in [0.2, 0.25) is 0 Å². The summed E-state index contributed by atoms with van der Waals surface area (Å²) in [6.07, 6.45) is 0. The van der Waals surface area contributed by atoms with E-state index in [0.717, 1.165) is 11.4 Å². The molecule has 2 heterocycles. The SMILES string of the molecule is CC(C)(C)c1cc2ccc3c(-c4cccc(-n5c6ccccc6c6ccccc65)c4)cc(-c4cccc(-n5c6ccccc6c6ccccc65)c4)c4ccc(c1)c2c34. The average Bonchev–Trinajstić information content (AvgIpc) is 3.78. The summed E-state index contributed by atoms with van der Waals surface area (Å²) in [5, 5.41) is 12.9. The van der Waals surface area contributed by atoms with E-state index in [2.05, 4.69) is 218 Å². The van der Waals surface area contributed by atoms with E-state index in [-0.39, 0.29) is 5.41 Å². The number of benzene rings is 10. The average molecular weight is 741 g/mol. The minimum Gasteiger partial charge on any atom is -0.309 e. The molecular weight excluding hydrogens is 701 g/mol. The van der Waals surface area contributed by atoms with Crippen LogP contribution in [-0.4, -0.2) is 9.13 Å². The second kappa shape index (κ2) is 12.2. The summed E-state index contributed by atoms with van der Waals surface area (Å²) >= 11 is 0. The minimum atomic E-state index is 0.0429. The van der Waals surface area contributed by atoms with E-state index in [4.69, 9.17) is 0 Å². The molecule has 0 N–H and O–H groups in total. The highest BCUT2D eigenvalue weighted by molar-refractivity contribution is 6.28. The van der Waals surface area contributed by atoms with Crippen LogP contribution >= 0.6 is 0 Å². The molecule has 0 amide bonds. The summed E-state index contributed by atoms with van der Waals surface area (Å²) < 4.78 is 4.85. The van der Waals surface area contributed by atoms with Crippen molar-refractivity contribution in [3.05, 3.63) is 194 Å². The third-order valence-corrected chi connectivity index (χ3v) is 12.6. The van der Waals surface area contributed by atoms with Crippen molar-refractivity contribution in [2.45, 2.75) is 26.2 Å². The zero-order valence-electron chi connectivity index (χ0n) is 32.8. The molecule has 0 saturated carbocycles. The van der Waals surface area contributed by atoms with E-state index in [9.17, 15) is 0 Å². The molecule has 0 unspecified atom stereocenters. The van der Waals surface area contributed by atoms with Gasteiger partial charge in [0, 0.05) is 32.9 Å². The number of nitrogens with zero attached hydrogens (tertiary/aromatic N) is 2. The van der Waals surface area contributed by atoms with Crippen LogP contribution in [0.25, 0.3) is 110 Å². The molecule has 12 aromatic rings. The molecule has 0 bridgehead atoms. The molecule has 0 aliphatic carbocycles. The summed E-state index contributed by atoms with van der Waals surface area (Å²) in [5.74, 6) is 0. The van der Waals surface area contributed by atoms with Gasteiger partial charge in [0.15, 0.2) is 0 Å². The Balaban J connectivity index is 1.14. The summed E-state index contributed by atoms with van der Waals surface area (Å²) in [7, 11) is 0. The second-order valence-electron chi connectivity index (χ2n) is 17.0. The van der Waals surface area contributed by atoms with Crippen molar-refractivity contribution >= 4 is 75.9 Å². The molecule has 0 atom stereocenters. The van der Waals surface area contributed by atoms with Crippen molar-refractivity contribution in [2.24, 2.45) is 0 Å². The molecule has 0 saturated heterocycles. The van der Waals surface area contributed by atoms with Gasteiger partial charge < -0.3 is 9.13 Å². The first-order valence-corrected chi connectivity index (χ1v) is 20.3. The molecule has 2 nitrogen and oxygen atoms in total. The van der Waals surface area contributed by atoms with E-state index >= 15 is 0 Å².